The normalized spacial score (nSPS) is 10.6. The third kappa shape index (κ3) is 2.48. The minimum absolute atomic E-state index is 0.189. The minimum atomic E-state index is -0.994. The van der Waals surface area contributed by atoms with Crippen LogP contribution >= 0.6 is 0 Å². The predicted octanol–water partition coefficient (Wildman–Crippen LogP) is 3.69. The van der Waals surface area contributed by atoms with Gasteiger partial charge >= 0.3 is 5.97 Å². The van der Waals surface area contributed by atoms with Crippen LogP contribution in [0.4, 0.5) is 4.39 Å². The minimum Gasteiger partial charge on any atom is -0.478 e. The quantitative estimate of drug-likeness (QED) is 0.802. The second kappa shape index (κ2) is 5.44. The molecule has 5 heteroatoms. The van der Waals surface area contributed by atoms with Crippen LogP contribution in [0.25, 0.3) is 16.9 Å². The SMILES string of the molecule is Cc1cccc(-n2ccc(-c3cccc(C(=O)O)c3)n2)c1F. The highest BCUT2D eigenvalue weighted by atomic mass is 19.1. The number of carboxylic acids is 1. The molecule has 4 nitrogen and oxygen atoms in total. The van der Waals surface area contributed by atoms with E-state index in [2.05, 4.69) is 5.10 Å². The average Bonchev–Trinajstić information content (AvgIpc) is 3.00. The van der Waals surface area contributed by atoms with Crippen molar-refractivity contribution in [3.63, 3.8) is 0 Å². The summed E-state index contributed by atoms with van der Waals surface area (Å²) in [5, 5.41) is 13.4. The standard InChI is InChI=1S/C17H13FN2O2/c1-11-4-2-7-15(16(11)18)20-9-8-14(19-20)12-5-3-6-13(10-12)17(21)22/h2-10H,1H3,(H,21,22). The zero-order valence-electron chi connectivity index (χ0n) is 11.8. The lowest BCUT2D eigenvalue weighted by Gasteiger charge is -2.05. The molecule has 0 bridgehead atoms. The van der Waals surface area contributed by atoms with Gasteiger partial charge in [0.25, 0.3) is 0 Å². The molecule has 2 aromatic carbocycles. The topological polar surface area (TPSA) is 55.1 Å². The van der Waals surface area contributed by atoms with Crippen LogP contribution in [0.5, 0.6) is 0 Å². The van der Waals surface area contributed by atoms with Crippen molar-refractivity contribution in [1.82, 2.24) is 9.78 Å². The van der Waals surface area contributed by atoms with Crippen molar-refractivity contribution < 1.29 is 14.3 Å². The number of halogens is 1. The summed E-state index contributed by atoms with van der Waals surface area (Å²) in [6.07, 6.45) is 1.65. The fourth-order valence-corrected chi connectivity index (χ4v) is 2.23. The molecule has 110 valence electrons. The van der Waals surface area contributed by atoms with Crippen LogP contribution in [0.2, 0.25) is 0 Å². The smallest absolute Gasteiger partial charge is 0.335 e. The van der Waals surface area contributed by atoms with E-state index in [0.717, 1.165) is 0 Å². The Kier molecular flexibility index (Phi) is 3.47. The summed E-state index contributed by atoms with van der Waals surface area (Å²) in [6, 6.07) is 13.3. The Hall–Kier alpha value is -2.95. The predicted molar refractivity (Wildman–Crippen MR) is 80.7 cm³/mol. The van der Waals surface area contributed by atoms with Crippen molar-refractivity contribution >= 4 is 5.97 Å². The largest absolute Gasteiger partial charge is 0.478 e. The third-order valence-corrected chi connectivity index (χ3v) is 3.41. The summed E-state index contributed by atoms with van der Waals surface area (Å²) in [6.45, 7) is 1.69. The van der Waals surface area contributed by atoms with Gasteiger partial charge in [0.15, 0.2) is 5.82 Å². The molecule has 0 fully saturated rings. The zero-order valence-corrected chi connectivity index (χ0v) is 11.8. The number of rotatable bonds is 3. The van der Waals surface area contributed by atoms with E-state index in [1.807, 2.05) is 0 Å². The molecule has 0 amide bonds. The Morgan fingerprint density at radius 2 is 1.95 bits per heavy atom. The van der Waals surface area contributed by atoms with Crippen LogP contribution in [0.1, 0.15) is 15.9 Å². The van der Waals surface area contributed by atoms with Gasteiger partial charge in [0.1, 0.15) is 5.69 Å². The molecule has 0 radical (unpaired) electrons. The maximum Gasteiger partial charge on any atom is 0.335 e. The molecule has 0 atom stereocenters. The second-order valence-corrected chi connectivity index (χ2v) is 4.94. The number of nitrogens with zero attached hydrogens (tertiary/aromatic N) is 2. The van der Waals surface area contributed by atoms with Crippen LogP contribution in [-0.4, -0.2) is 20.9 Å². The van der Waals surface area contributed by atoms with E-state index < -0.39 is 5.97 Å². The number of carbonyl (C=O) groups is 1. The molecule has 0 unspecified atom stereocenters. The molecular weight excluding hydrogens is 283 g/mol. The maximum absolute atomic E-state index is 14.1. The van der Waals surface area contributed by atoms with Crippen molar-refractivity contribution in [2.24, 2.45) is 0 Å². The third-order valence-electron chi connectivity index (χ3n) is 3.41. The number of aromatic nitrogens is 2. The summed E-state index contributed by atoms with van der Waals surface area (Å²) >= 11 is 0. The molecule has 0 spiro atoms. The Balaban J connectivity index is 2.02. The molecule has 0 saturated carbocycles. The molecule has 22 heavy (non-hydrogen) atoms. The van der Waals surface area contributed by atoms with Gasteiger partial charge in [-0.15, -0.1) is 0 Å². The molecule has 0 aliphatic heterocycles. The van der Waals surface area contributed by atoms with Gasteiger partial charge in [-0.05, 0) is 36.8 Å². The number of hydrogen-bond acceptors (Lipinski definition) is 2. The Bertz CT molecular complexity index is 855. The van der Waals surface area contributed by atoms with Gasteiger partial charge in [0.05, 0.1) is 11.3 Å². The van der Waals surface area contributed by atoms with E-state index in [9.17, 15) is 9.18 Å². The highest BCUT2D eigenvalue weighted by Crippen LogP contribution is 2.21. The average molecular weight is 296 g/mol. The number of benzene rings is 2. The Morgan fingerprint density at radius 3 is 2.73 bits per heavy atom. The highest BCUT2D eigenvalue weighted by Gasteiger charge is 2.11. The number of hydrogen-bond donors (Lipinski definition) is 1. The van der Waals surface area contributed by atoms with Crippen LogP contribution in [-0.2, 0) is 0 Å². The lowest BCUT2D eigenvalue weighted by atomic mass is 10.1. The van der Waals surface area contributed by atoms with Crippen LogP contribution in [0.3, 0.4) is 0 Å². The van der Waals surface area contributed by atoms with Crippen molar-refractivity contribution in [3.8, 4) is 16.9 Å². The number of carboxylic acid groups (broad SMARTS) is 1. The first-order chi connectivity index (χ1) is 10.6. The van der Waals surface area contributed by atoms with Gasteiger partial charge in [-0.2, -0.15) is 5.10 Å². The molecule has 1 N–H and O–H groups in total. The summed E-state index contributed by atoms with van der Waals surface area (Å²) in [5.41, 5.74) is 2.35. The zero-order chi connectivity index (χ0) is 15.7. The van der Waals surface area contributed by atoms with Crippen molar-refractivity contribution in [1.29, 1.82) is 0 Å². The van der Waals surface area contributed by atoms with Crippen LogP contribution in [0.15, 0.2) is 54.7 Å². The molecule has 3 rings (SSSR count). The van der Waals surface area contributed by atoms with Gasteiger partial charge in [0, 0.05) is 11.8 Å². The van der Waals surface area contributed by atoms with E-state index in [1.165, 1.54) is 10.7 Å². The van der Waals surface area contributed by atoms with Gasteiger partial charge in [-0.25, -0.2) is 13.9 Å². The van der Waals surface area contributed by atoms with E-state index >= 15 is 0 Å². The first-order valence-corrected chi connectivity index (χ1v) is 6.71. The molecule has 3 aromatic rings. The maximum atomic E-state index is 14.1. The van der Waals surface area contributed by atoms with Gasteiger partial charge in [0.2, 0.25) is 0 Å². The fourth-order valence-electron chi connectivity index (χ4n) is 2.23. The summed E-state index contributed by atoms with van der Waals surface area (Å²) in [7, 11) is 0. The molecule has 0 aliphatic rings. The number of aryl methyl sites for hydroxylation is 1. The monoisotopic (exact) mass is 296 g/mol. The van der Waals surface area contributed by atoms with Gasteiger partial charge in [-0.3, -0.25) is 0 Å². The van der Waals surface area contributed by atoms with Gasteiger partial charge in [-0.1, -0.05) is 24.3 Å². The number of aromatic carboxylic acids is 1. The summed E-state index contributed by atoms with van der Waals surface area (Å²) in [5.74, 6) is -1.32. The van der Waals surface area contributed by atoms with E-state index in [0.29, 0.717) is 22.5 Å². The van der Waals surface area contributed by atoms with Crippen molar-refractivity contribution in [2.45, 2.75) is 6.92 Å². The lowest BCUT2D eigenvalue weighted by molar-refractivity contribution is 0.0697. The van der Waals surface area contributed by atoms with Crippen molar-refractivity contribution in [2.75, 3.05) is 0 Å². The van der Waals surface area contributed by atoms with Gasteiger partial charge < -0.3 is 5.11 Å². The van der Waals surface area contributed by atoms with Crippen LogP contribution < -0.4 is 0 Å². The van der Waals surface area contributed by atoms with Crippen molar-refractivity contribution in [3.05, 3.63) is 71.7 Å². The highest BCUT2D eigenvalue weighted by molar-refractivity contribution is 5.89. The molecular formula is C17H13FN2O2. The Morgan fingerprint density at radius 1 is 1.18 bits per heavy atom. The second-order valence-electron chi connectivity index (χ2n) is 4.94. The van der Waals surface area contributed by atoms with E-state index in [4.69, 9.17) is 5.11 Å². The fraction of sp³-hybridized carbons (Fsp3) is 0.0588. The summed E-state index contributed by atoms with van der Waals surface area (Å²) in [4.78, 5) is 11.0. The lowest BCUT2D eigenvalue weighted by Crippen LogP contribution is -2.00. The van der Waals surface area contributed by atoms with E-state index in [1.54, 1.807) is 55.6 Å². The Labute approximate surface area is 126 Å². The molecule has 1 aromatic heterocycles. The van der Waals surface area contributed by atoms with Crippen LogP contribution in [0, 0.1) is 12.7 Å². The first-order valence-electron chi connectivity index (χ1n) is 6.71. The first kappa shape index (κ1) is 14.0. The molecule has 1 heterocycles. The van der Waals surface area contributed by atoms with E-state index in [-0.39, 0.29) is 11.4 Å². The molecule has 0 aliphatic carbocycles. The molecule has 0 saturated heterocycles. The summed E-state index contributed by atoms with van der Waals surface area (Å²) < 4.78 is 15.6.